The van der Waals surface area contributed by atoms with E-state index >= 15 is 0 Å². The van der Waals surface area contributed by atoms with Crippen LogP contribution in [0.4, 0.5) is 0 Å². The number of benzene rings is 1. The second-order valence-electron chi connectivity index (χ2n) is 6.72. The van der Waals surface area contributed by atoms with Crippen LogP contribution in [0.5, 0.6) is 0 Å². The highest BCUT2D eigenvalue weighted by Gasteiger charge is 2.23. The minimum Gasteiger partial charge on any atom is -0.481 e. The molecule has 26 heavy (non-hydrogen) atoms. The summed E-state index contributed by atoms with van der Waals surface area (Å²) in [4.78, 5) is 15.8. The van der Waals surface area contributed by atoms with Gasteiger partial charge in [0.2, 0.25) is 0 Å². The molecule has 1 aromatic heterocycles. The lowest BCUT2D eigenvalue weighted by atomic mass is 9.92. The van der Waals surface area contributed by atoms with Gasteiger partial charge in [-0.25, -0.2) is 0 Å². The van der Waals surface area contributed by atoms with Crippen molar-refractivity contribution in [3.8, 4) is 0 Å². The fourth-order valence-electron chi connectivity index (χ4n) is 3.59. The Hall–Kier alpha value is -2.68. The maximum absolute atomic E-state index is 11.6. The number of hydrogen-bond acceptors (Lipinski definition) is 2. The predicted octanol–water partition coefficient (Wildman–Crippen LogP) is 5.49. The molecule has 3 nitrogen and oxygen atoms in total. The van der Waals surface area contributed by atoms with Crippen LogP contribution in [0.25, 0.3) is 5.57 Å². The van der Waals surface area contributed by atoms with Gasteiger partial charge in [0.15, 0.2) is 0 Å². The fraction of sp³-hybridized carbons (Fsp3) is 0.304. The SMILES string of the molecule is O=C(O)C(CCC/C=C(\c1ccccc1)c1cccnc1)C1=CCCC1. The van der Waals surface area contributed by atoms with Gasteiger partial charge < -0.3 is 5.11 Å². The minimum atomic E-state index is -0.683. The number of carbonyl (C=O) groups is 1. The highest BCUT2D eigenvalue weighted by molar-refractivity contribution is 5.79. The van der Waals surface area contributed by atoms with E-state index in [9.17, 15) is 9.90 Å². The Morgan fingerprint density at radius 3 is 2.62 bits per heavy atom. The van der Waals surface area contributed by atoms with E-state index in [1.54, 1.807) is 6.20 Å². The van der Waals surface area contributed by atoms with Crippen molar-refractivity contribution in [1.82, 2.24) is 4.98 Å². The molecule has 3 rings (SSSR count). The quantitative estimate of drug-likeness (QED) is 0.507. The van der Waals surface area contributed by atoms with E-state index in [-0.39, 0.29) is 5.92 Å². The topological polar surface area (TPSA) is 50.2 Å². The molecule has 1 aliphatic carbocycles. The first kappa shape index (κ1) is 18.1. The van der Waals surface area contributed by atoms with Gasteiger partial charge in [-0.3, -0.25) is 9.78 Å². The van der Waals surface area contributed by atoms with Crippen LogP contribution in [0, 0.1) is 5.92 Å². The molecule has 1 heterocycles. The number of rotatable bonds is 8. The van der Waals surface area contributed by atoms with Crippen LogP contribution in [-0.4, -0.2) is 16.1 Å². The van der Waals surface area contributed by atoms with Crippen LogP contribution < -0.4 is 0 Å². The van der Waals surface area contributed by atoms with Gasteiger partial charge >= 0.3 is 5.97 Å². The van der Waals surface area contributed by atoms with Crippen molar-refractivity contribution in [2.75, 3.05) is 0 Å². The van der Waals surface area contributed by atoms with Gasteiger partial charge in [0.1, 0.15) is 0 Å². The summed E-state index contributed by atoms with van der Waals surface area (Å²) in [5.74, 6) is -0.998. The fourth-order valence-corrected chi connectivity index (χ4v) is 3.59. The zero-order valence-electron chi connectivity index (χ0n) is 15.0. The predicted molar refractivity (Wildman–Crippen MR) is 105 cm³/mol. The minimum absolute atomic E-state index is 0.315. The summed E-state index contributed by atoms with van der Waals surface area (Å²) < 4.78 is 0. The number of carboxylic acids is 1. The van der Waals surface area contributed by atoms with Crippen LogP contribution >= 0.6 is 0 Å². The number of pyridine rings is 1. The van der Waals surface area contributed by atoms with E-state index in [0.29, 0.717) is 6.42 Å². The first-order valence-electron chi connectivity index (χ1n) is 9.33. The summed E-state index contributed by atoms with van der Waals surface area (Å²) >= 11 is 0. The third kappa shape index (κ3) is 4.69. The highest BCUT2D eigenvalue weighted by atomic mass is 16.4. The number of aromatic nitrogens is 1. The third-order valence-electron chi connectivity index (χ3n) is 4.92. The van der Waals surface area contributed by atoms with Gasteiger partial charge in [-0.05, 0) is 55.7 Å². The Bertz CT molecular complexity index is 737. The highest BCUT2D eigenvalue weighted by Crippen LogP contribution is 2.29. The molecule has 0 saturated carbocycles. The maximum Gasteiger partial charge on any atom is 0.310 e. The average Bonchev–Trinajstić information content (AvgIpc) is 3.20. The van der Waals surface area contributed by atoms with Gasteiger partial charge in [-0.15, -0.1) is 0 Å². The molecular weight excluding hydrogens is 322 g/mol. The molecule has 0 amide bonds. The molecular formula is C23H25NO2. The summed E-state index contributed by atoms with van der Waals surface area (Å²) in [6, 6.07) is 14.3. The van der Waals surface area contributed by atoms with Crippen molar-refractivity contribution in [2.24, 2.45) is 5.92 Å². The second-order valence-corrected chi connectivity index (χ2v) is 6.72. The van der Waals surface area contributed by atoms with Crippen molar-refractivity contribution >= 4 is 11.5 Å². The van der Waals surface area contributed by atoms with Crippen molar-refractivity contribution in [1.29, 1.82) is 0 Å². The maximum atomic E-state index is 11.6. The molecule has 1 unspecified atom stereocenters. The number of hydrogen-bond donors (Lipinski definition) is 1. The first-order valence-corrected chi connectivity index (χ1v) is 9.33. The number of nitrogens with zero attached hydrogens (tertiary/aromatic N) is 1. The Kier molecular flexibility index (Phi) is 6.37. The first-order chi connectivity index (χ1) is 12.8. The van der Waals surface area contributed by atoms with Gasteiger partial charge in [0.05, 0.1) is 5.92 Å². The molecule has 1 N–H and O–H groups in total. The lowest BCUT2D eigenvalue weighted by molar-refractivity contribution is -0.140. The molecule has 2 aromatic rings. The van der Waals surface area contributed by atoms with Crippen LogP contribution in [0.15, 0.2) is 72.6 Å². The largest absolute Gasteiger partial charge is 0.481 e. The zero-order chi connectivity index (χ0) is 18.2. The van der Waals surface area contributed by atoms with E-state index in [2.05, 4.69) is 35.3 Å². The normalized spacial score (nSPS) is 15.5. The van der Waals surface area contributed by atoms with Gasteiger partial charge in [-0.2, -0.15) is 0 Å². The molecule has 1 aliphatic rings. The van der Waals surface area contributed by atoms with E-state index in [4.69, 9.17) is 0 Å². The Morgan fingerprint density at radius 1 is 1.15 bits per heavy atom. The van der Waals surface area contributed by atoms with Gasteiger partial charge in [-0.1, -0.05) is 54.1 Å². The van der Waals surface area contributed by atoms with E-state index < -0.39 is 5.97 Å². The molecule has 1 aromatic carbocycles. The Morgan fingerprint density at radius 2 is 1.96 bits per heavy atom. The van der Waals surface area contributed by atoms with E-state index in [1.807, 2.05) is 30.5 Å². The van der Waals surface area contributed by atoms with Crippen molar-refractivity contribution in [3.05, 3.63) is 83.7 Å². The van der Waals surface area contributed by atoms with Crippen LogP contribution in [-0.2, 0) is 4.79 Å². The molecule has 0 fully saturated rings. The van der Waals surface area contributed by atoms with Crippen molar-refractivity contribution in [3.63, 3.8) is 0 Å². The van der Waals surface area contributed by atoms with Crippen LogP contribution in [0.2, 0.25) is 0 Å². The Balaban J connectivity index is 1.70. The molecule has 0 aliphatic heterocycles. The number of carboxylic acid groups (broad SMARTS) is 1. The lowest BCUT2D eigenvalue weighted by Crippen LogP contribution is -2.15. The van der Waals surface area contributed by atoms with E-state index in [1.165, 1.54) is 0 Å². The number of allylic oxidation sites excluding steroid dienone is 2. The standard InChI is InChI=1S/C23H25NO2/c25-23(26)22(19-11-4-5-12-19)15-7-6-14-21(18-9-2-1-3-10-18)20-13-8-16-24-17-20/h1-3,8-11,13-14,16-17,22H,4-7,12,15H2,(H,25,26)/b21-14+. The van der Waals surface area contributed by atoms with Crippen molar-refractivity contribution < 1.29 is 9.90 Å². The smallest absolute Gasteiger partial charge is 0.310 e. The summed E-state index contributed by atoms with van der Waals surface area (Å²) in [7, 11) is 0. The van der Waals surface area contributed by atoms with Crippen LogP contribution in [0.3, 0.4) is 0 Å². The van der Waals surface area contributed by atoms with E-state index in [0.717, 1.165) is 54.4 Å². The number of aliphatic carboxylic acids is 1. The summed E-state index contributed by atoms with van der Waals surface area (Å²) in [6.07, 6.45) is 13.5. The molecule has 0 saturated heterocycles. The lowest BCUT2D eigenvalue weighted by Gasteiger charge is -2.13. The van der Waals surface area contributed by atoms with Crippen LogP contribution in [0.1, 0.15) is 49.7 Å². The van der Waals surface area contributed by atoms with Gasteiger partial charge in [0.25, 0.3) is 0 Å². The molecule has 134 valence electrons. The number of unbranched alkanes of at least 4 members (excludes halogenated alkanes) is 1. The molecule has 3 heteroatoms. The average molecular weight is 347 g/mol. The van der Waals surface area contributed by atoms with Crippen molar-refractivity contribution in [2.45, 2.75) is 38.5 Å². The monoisotopic (exact) mass is 347 g/mol. The molecule has 1 atom stereocenters. The summed E-state index contributed by atoms with van der Waals surface area (Å²) in [5, 5.41) is 9.53. The second kappa shape index (κ2) is 9.14. The molecule has 0 radical (unpaired) electrons. The Labute approximate surface area is 155 Å². The zero-order valence-corrected chi connectivity index (χ0v) is 15.0. The molecule has 0 spiro atoms. The summed E-state index contributed by atoms with van der Waals surface area (Å²) in [6.45, 7) is 0. The molecule has 0 bridgehead atoms. The van der Waals surface area contributed by atoms with Gasteiger partial charge in [0, 0.05) is 18.0 Å². The summed E-state index contributed by atoms with van der Waals surface area (Å²) in [5.41, 5.74) is 4.53. The third-order valence-corrected chi connectivity index (χ3v) is 4.92.